The minimum absolute atomic E-state index is 0.149. The second-order valence-electron chi connectivity index (χ2n) is 4.75. The Kier molecular flexibility index (Phi) is 11.1. The predicted molar refractivity (Wildman–Crippen MR) is 90.7 cm³/mol. The van der Waals surface area contributed by atoms with E-state index < -0.39 is 26.2 Å². The fraction of sp³-hybridized carbons (Fsp3) is 0.438. The second-order valence-corrected chi connectivity index (χ2v) is 9.03. The lowest BCUT2D eigenvalue weighted by atomic mass is 10.6. The van der Waals surface area contributed by atoms with Gasteiger partial charge in [-0.05, 0) is 0 Å². The zero-order chi connectivity index (χ0) is 18.4. The van der Waals surface area contributed by atoms with Crippen LogP contribution in [-0.2, 0) is 33.0 Å². The monoisotopic (exact) mass is 356 g/mol. The molecule has 0 fully saturated rings. The van der Waals surface area contributed by atoms with Gasteiger partial charge in [0.15, 0.2) is 0 Å². The molecule has 0 N–H and O–H groups in total. The van der Waals surface area contributed by atoms with E-state index in [2.05, 4.69) is 19.7 Å². The summed E-state index contributed by atoms with van der Waals surface area (Å²) < 4.78 is 20.7. The number of ether oxygens (including phenoxy) is 3. The van der Waals surface area contributed by atoms with Gasteiger partial charge >= 0.3 is 17.9 Å². The first kappa shape index (κ1) is 21.8. The Hall–Kier alpha value is -2.19. The van der Waals surface area contributed by atoms with Crippen molar-refractivity contribution >= 4 is 26.2 Å². The topological polar surface area (TPSA) is 88.1 Å². The summed E-state index contributed by atoms with van der Waals surface area (Å²) in [7, 11) is -0.895. The maximum absolute atomic E-state index is 11.1. The molecule has 0 radical (unpaired) electrons. The zero-order valence-corrected chi connectivity index (χ0v) is 15.0. The Labute approximate surface area is 143 Å². The molecule has 7 nitrogen and oxygen atoms in total. The summed E-state index contributed by atoms with van der Waals surface area (Å²) in [6.45, 7) is 10.4. The molecule has 0 saturated heterocycles. The van der Waals surface area contributed by atoms with E-state index >= 15 is 0 Å². The van der Waals surface area contributed by atoms with Gasteiger partial charge in [-0.15, -0.1) is 0 Å². The van der Waals surface area contributed by atoms with Crippen LogP contribution in [0.2, 0.25) is 18.1 Å². The molecule has 0 spiro atoms. The maximum atomic E-state index is 11.1. The normalized spacial score (nSPS) is 10.4. The van der Waals surface area contributed by atoms with Gasteiger partial charge in [-0.1, -0.05) is 19.7 Å². The highest BCUT2D eigenvalue weighted by atomic mass is 28.4. The van der Waals surface area contributed by atoms with Crippen molar-refractivity contribution in [2.45, 2.75) is 18.1 Å². The number of carbonyl (C=O) groups is 3. The van der Waals surface area contributed by atoms with E-state index in [-0.39, 0.29) is 19.8 Å². The van der Waals surface area contributed by atoms with Crippen molar-refractivity contribution in [3.63, 3.8) is 0 Å². The van der Waals surface area contributed by atoms with Crippen LogP contribution in [0.3, 0.4) is 0 Å². The van der Waals surface area contributed by atoms with Crippen LogP contribution in [0, 0.1) is 0 Å². The first-order valence-electron chi connectivity index (χ1n) is 7.35. The quantitative estimate of drug-likeness (QED) is 0.215. The highest BCUT2D eigenvalue weighted by Gasteiger charge is 2.34. The minimum Gasteiger partial charge on any atom is -0.463 e. The third kappa shape index (κ3) is 9.06. The molecule has 0 heterocycles. The van der Waals surface area contributed by atoms with Crippen molar-refractivity contribution in [3.8, 4) is 0 Å². The van der Waals surface area contributed by atoms with Crippen LogP contribution in [0.15, 0.2) is 38.0 Å². The molecule has 0 rings (SSSR count). The summed E-state index contributed by atoms with van der Waals surface area (Å²) in [5.74, 6) is -1.57. The first-order valence-corrected chi connectivity index (χ1v) is 9.88. The van der Waals surface area contributed by atoms with Crippen molar-refractivity contribution in [1.29, 1.82) is 0 Å². The molecule has 0 aliphatic heterocycles. The summed E-state index contributed by atoms with van der Waals surface area (Å²) in [6, 6.07) is 1.42. The lowest BCUT2D eigenvalue weighted by Crippen LogP contribution is -2.41. The van der Waals surface area contributed by atoms with Gasteiger partial charge in [0.25, 0.3) is 0 Å². The van der Waals surface area contributed by atoms with Gasteiger partial charge in [0, 0.05) is 43.5 Å². The Morgan fingerprint density at radius 1 is 0.750 bits per heavy atom. The molecule has 0 aliphatic rings. The fourth-order valence-electron chi connectivity index (χ4n) is 1.87. The second kappa shape index (κ2) is 12.3. The van der Waals surface area contributed by atoms with E-state index in [1.807, 2.05) is 0 Å². The lowest BCUT2D eigenvalue weighted by Gasteiger charge is -2.29. The number of hydrogen-bond donors (Lipinski definition) is 0. The highest BCUT2D eigenvalue weighted by molar-refractivity contribution is 6.74. The standard InChI is InChI=1S/C16H24O7Si/c1-5-14(17)21-8-11-24(20-4,12-9-22-15(18)6-2)13-10-23-16(19)7-3/h5-7H,1-3,8-13H2,4H3. The molecule has 0 atom stereocenters. The third-order valence-electron chi connectivity index (χ3n) is 3.34. The summed E-state index contributed by atoms with van der Waals surface area (Å²) in [6.07, 6.45) is 3.23. The zero-order valence-electron chi connectivity index (χ0n) is 14.0. The lowest BCUT2D eigenvalue weighted by molar-refractivity contribution is -0.137. The molecule has 0 unspecified atom stereocenters. The maximum Gasteiger partial charge on any atom is 0.330 e. The fourth-order valence-corrected chi connectivity index (χ4v) is 4.66. The van der Waals surface area contributed by atoms with Gasteiger partial charge < -0.3 is 18.6 Å². The molecule has 24 heavy (non-hydrogen) atoms. The molecule has 0 amide bonds. The van der Waals surface area contributed by atoms with E-state index in [1.165, 1.54) is 0 Å². The minimum atomic E-state index is -2.44. The van der Waals surface area contributed by atoms with Gasteiger partial charge in [-0.25, -0.2) is 14.4 Å². The molecule has 0 saturated carbocycles. The Morgan fingerprint density at radius 2 is 1.04 bits per heavy atom. The molecule has 8 heteroatoms. The van der Waals surface area contributed by atoms with Crippen LogP contribution in [0.4, 0.5) is 0 Å². The van der Waals surface area contributed by atoms with E-state index in [0.717, 1.165) is 18.2 Å². The van der Waals surface area contributed by atoms with Crippen LogP contribution >= 0.6 is 0 Å². The Morgan fingerprint density at radius 3 is 1.25 bits per heavy atom. The number of esters is 3. The predicted octanol–water partition coefficient (Wildman–Crippen LogP) is 1.77. The van der Waals surface area contributed by atoms with E-state index in [9.17, 15) is 14.4 Å². The molecule has 0 aromatic rings. The average molecular weight is 356 g/mol. The van der Waals surface area contributed by atoms with Crippen molar-refractivity contribution in [3.05, 3.63) is 38.0 Å². The number of rotatable bonds is 13. The average Bonchev–Trinajstić information content (AvgIpc) is 2.60. The summed E-state index contributed by atoms with van der Waals surface area (Å²) >= 11 is 0. The third-order valence-corrected chi connectivity index (χ3v) is 7.55. The molecule has 0 bridgehead atoms. The van der Waals surface area contributed by atoms with Gasteiger partial charge in [-0.3, -0.25) is 0 Å². The SMILES string of the molecule is C=CC(=O)OCC[Si](CCOC(=O)C=C)(CCOC(=O)C=C)OC. The van der Waals surface area contributed by atoms with Gasteiger partial charge in [-0.2, -0.15) is 0 Å². The highest BCUT2D eigenvalue weighted by Crippen LogP contribution is 2.22. The van der Waals surface area contributed by atoms with E-state index in [0.29, 0.717) is 18.1 Å². The molecule has 0 aromatic carbocycles. The van der Waals surface area contributed by atoms with Crippen LogP contribution in [0.1, 0.15) is 0 Å². The largest absolute Gasteiger partial charge is 0.463 e. The summed E-state index contributed by atoms with van der Waals surface area (Å²) in [4.78, 5) is 33.4. The molecular weight excluding hydrogens is 332 g/mol. The van der Waals surface area contributed by atoms with Crippen molar-refractivity contribution in [1.82, 2.24) is 0 Å². The number of carbonyl (C=O) groups excluding carboxylic acids is 3. The first-order chi connectivity index (χ1) is 11.4. The van der Waals surface area contributed by atoms with E-state index in [1.54, 1.807) is 7.11 Å². The summed E-state index contributed by atoms with van der Waals surface area (Å²) in [5, 5.41) is 0. The van der Waals surface area contributed by atoms with Crippen LogP contribution in [-0.4, -0.2) is 53.2 Å². The Balaban J connectivity index is 4.70. The molecule has 0 aliphatic carbocycles. The smallest absolute Gasteiger partial charge is 0.330 e. The Bertz CT molecular complexity index is 408. The molecule has 0 aromatic heterocycles. The molecular formula is C16H24O7Si. The van der Waals surface area contributed by atoms with Gasteiger partial charge in [0.2, 0.25) is 8.32 Å². The van der Waals surface area contributed by atoms with Crippen molar-refractivity contribution < 1.29 is 33.0 Å². The van der Waals surface area contributed by atoms with Crippen LogP contribution < -0.4 is 0 Å². The summed E-state index contributed by atoms with van der Waals surface area (Å²) in [5.41, 5.74) is 0. The van der Waals surface area contributed by atoms with Crippen molar-refractivity contribution in [2.75, 3.05) is 26.9 Å². The number of hydrogen-bond acceptors (Lipinski definition) is 7. The van der Waals surface area contributed by atoms with Crippen LogP contribution in [0.25, 0.3) is 0 Å². The van der Waals surface area contributed by atoms with E-state index in [4.69, 9.17) is 18.6 Å². The molecule has 134 valence electrons. The van der Waals surface area contributed by atoms with Gasteiger partial charge in [0.1, 0.15) is 0 Å². The van der Waals surface area contributed by atoms with Crippen LogP contribution in [0.5, 0.6) is 0 Å². The van der Waals surface area contributed by atoms with Crippen molar-refractivity contribution in [2.24, 2.45) is 0 Å². The van der Waals surface area contributed by atoms with Gasteiger partial charge in [0.05, 0.1) is 19.8 Å².